The first-order chi connectivity index (χ1) is 7.72. The summed E-state index contributed by atoms with van der Waals surface area (Å²) < 4.78 is 4.69. The van der Waals surface area contributed by atoms with Crippen molar-refractivity contribution in [3.05, 3.63) is 40.5 Å². The van der Waals surface area contributed by atoms with E-state index in [2.05, 4.69) is 44.9 Å². The highest BCUT2D eigenvalue weighted by Crippen LogP contribution is 2.19. The zero-order chi connectivity index (χ0) is 11.1. The highest BCUT2D eigenvalue weighted by molar-refractivity contribution is 14.1. The molecule has 0 N–H and O–H groups in total. The molecule has 3 aromatic rings. The van der Waals surface area contributed by atoms with E-state index in [-0.39, 0.29) is 0 Å². The Morgan fingerprint density at radius 1 is 1.19 bits per heavy atom. The largest absolute Gasteiger partial charge is 0.275 e. The molecule has 3 aromatic heterocycles. The molecule has 80 valence electrons. The fourth-order valence-corrected chi connectivity index (χ4v) is 2.25. The Hall–Kier alpha value is -1.37. The molecule has 0 atom stereocenters. The van der Waals surface area contributed by atoms with Gasteiger partial charge in [0.15, 0.2) is 0 Å². The fourth-order valence-electron chi connectivity index (χ4n) is 1.70. The Morgan fingerprint density at radius 3 is 2.81 bits per heavy atom. The van der Waals surface area contributed by atoms with Gasteiger partial charge >= 0.3 is 0 Å². The third-order valence-corrected chi connectivity index (χ3v) is 3.00. The number of nitrogens with zero attached hydrogens (tertiary/aromatic N) is 4. The molecular formula is C11H9IN4. The van der Waals surface area contributed by atoms with Crippen molar-refractivity contribution in [2.75, 3.05) is 0 Å². The van der Waals surface area contributed by atoms with Crippen molar-refractivity contribution < 1.29 is 0 Å². The Labute approximate surface area is 106 Å². The van der Waals surface area contributed by atoms with Gasteiger partial charge in [-0.3, -0.25) is 4.68 Å². The first-order valence-corrected chi connectivity index (χ1v) is 5.94. The molecule has 0 aliphatic carbocycles. The van der Waals surface area contributed by atoms with Crippen molar-refractivity contribution in [1.82, 2.24) is 19.4 Å². The van der Waals surface area contributed by atoms with Crippen molar-refractivity contribution in [1.29, 1.82) is 0 Å². The standard InChI is InChI=1S/C11H9IN4/c1-15-6-9(5-13-15)8-2-3-10-4-11(12)14-16(10)7-8/h2-7H,1H3. The molecule has 0 saturated heterocycles. The van der Waals surface area contributed by atoms with Crippen LogP contribution in [0.4, 0.5) is 0 Å². The summed E-state index contributed by atoms with van der Waals surface area (Å²) in [5.74, 6) is 0. The summed E-state index contributed by atoms with van der Waals surface area (Å²) in [5.41, 5.74) is 3.34. The normalized spacial score (nSPS) is 11.1. The van der Waals surface area contributed by atoms with Gasteiger partial charge in [-0.25, -0.2) is 4.52 Å². The lowest BCUT2D eigenvalue weighted by Gasteiger charge is -1.98. The number of hydrogen-bond acceptors (Lipinski definition) is 2. The van der Waals surface area contributed by atoms with Gasteiger partial charge in [-0.05, 0) is 34.7 Å². The van der Waals surface area contributed by atoms with E-state index >= 15 is 0 Å². The number of hydrogen-bond donors (Lipinski definition) is 0. The summed E-state index contributed by atoms with van der Waals surface area (Å²) in [6.07, 6.45) is 5.87. The van der Waals surface area contributed by atoms with Crippen LogP contribution in [0.3, 0.4) is 0 Å². The topological polar surface area (TPSA) is 35.1 Å². The number of pyridine rings is 1. The van der Waals surface area contributed by atoms with Gasteiger partial charge in [0.25, 0.3) is 0 Å². The molecule has 3 heterocycles. The minimum atomic E-state index is 1.00. The van der Waals surface area contributed by atoms with Crippen molar-refractivity contribution in [2.24, 2.45) is 7.05 Å². The third kappa shape index (κ3) is 1.60. The summed E-state index contributed by atoms with van der Waals surface area (Å²) >= 11 is 2.22. The molecular weight excluding hydrogens is 315 g/mol. The van der Waals surface area contributed by atoms with Gasteiger partial charge in [-0.2, -0.15) is 10.2 Å². The second-order valence-electron chi connectivity index (χ2n) is 3.66. The quantitative estimate of drug-likeness (QED) is 0.644. The van der Waals surface area contributed by atoms with Crippen LogP contribution in [0.2, 0.25) is 0 Å². The van der Waals surface area contributed by atoms with Crippen LogP contribution in [0.1, 0.15) is 0 Å². The van der Waals surface area contributed by atoms with E-state index in [0.717, 1.165) is 20.3 Å². The highest BCUT2D eigenvalue weighted by Gasteiger charge is 2.03. The second-order valence-corrected chi connectivity index (χ2v) is 4.76. The maximum Gasteiger partial charge on any atom is 0.124 e. The molecule has 16 heavy (non-hydrogen) atoms. The molecule has 0 saturated carbocycles. The van der Waals surface area contributed by atoms with Crippen LogP contribution in [-0.2, 0) is 7.05 Å². The zero-order valence-electron chi connectivity index (χ0n) is 8.63. The molecule has 0 aliphatic rings. The number of rotatable bonds is 1. The van der Waals surface area contributed by atoms with Crippen LogP contribution in [0.25, 0.3) is 16.6 Å². The van der Waals surface area contributed by atoms with Crippen molar-refractivity contribution >= 4 is 28.1 Å². The molecule has 0 unspecified atom stereocenters. The average molecular weight is 324 g/mol. The number of aromatic nitrogens is 4. The van der Waals surface area contributed by atoms with Gasteiger partial charge in [0.05, 0.1) is 11.7 Å². The van der Waals surface area contributed by atoms with Crippen LogP contribution in [0, 0.1) is 3.70 Å². The van der Waals surface area contributed by atoms with Crippen LogP contribution < -0.4 is 0 Å². The monoisotopic (exact) mass is 324 g/mol. The molecule has 3 rings (SSSR count). The van der Waals surface area contributed by atoms with Crippen molar-refractivity contribution in [3.8, 4) is 11.1 Å². The maximum atomic E-state index is 4.38. The number of aryl methyl sites for hydroxylation is 1. The Kier molecular flexibility index (Phi) is 2.20. The van der Waals surface area contributed by atoms with E-state index in [1.165, 1.54) is 0 Å². The van der Waals surface area contributed by atoms with Gasteiger partial charge in [0.1, 0.15) is 3.70 Å². The van der Waals surface area contributed by atoms with Crippen LogP contribution in [0.5, 0.6) is 0 Å². The Balaban J connectivity index is 2.17. The van der Waals surface area contributed by atoms with Crippen molar-refractivity contribution in [2.45, 2.75) is 0 Å². The van der Waals surface area contributed by atoms with Gasteiger partial charge in [-0.1, -0.05) is 6.07 Å². The van der Waals surface area contributed by atoms with Crippen LogP contribution in [0.15, 0.2) is 36.8 Å². The minimum Gasteiger partial charge on any atom is -0.275 e. The van der Waals surface area contributed by atoms with E-state index in [9.17, 15) is 0 Å². The van der Waals surface area contributed by atoms with Gasteiger partial charge in [0, 0.05) is 30.6 Å². The molecule has 5 heteroatoms. The summed E-state index contributed by atoms with van der Waals surface area (Å²) in [6.45, 7) is 0. The average Bonchev–Trinajstić information content (AvgIpc) is 2.81. The molecule has 0 bridgehead atoms. The predicted octanol–water partition coefficient (Wildman–Crippen LogP) is 2.34. The summed E-state index contributed by atoms with van der Waals surface area (Å²) in [5, 5.41) is 8.55. The number of fused-ring (bicyclic) bond motifs is 1. The maximum absolute atomic E-state index is 4.38. The zero-order valence-corrected chi connectivity index (χ0v) is 10.8. The van der Waals surface area contributed by atoms with E-state index in [0.29, 0.717) is 0 Å². The second kappa shape index (κ2) is 3.58. The summed E-state index contributed by atoms with van der Waals surface area (Å²) in [7, 11) is 1.92. The lowest BCUT2D eigenvalue weighted by atomic mass is 10.2. The molecule has 0 aliphatic heterocycles. The summed E-state index contributed by atoms with van der Waals surface area (Å²) in [6, 6.07) is 6.20. The minimum absolute atomic E-state index is 1.00. The van der Waals surface area contributed by atoms with E-state index in [1.807, 2.05) is 36.2 Å². The predicted molar refractivity (Wildman–Crippen MR) is 70.1 cm³/mol. The summed E-state index contributed by atoms with van der Waals surface area (Å²) in [4.78, 5) is 0. The Morgan fingerprint density at radius 2 is 2.06 bits per heavy atom. The molecule has 0 radical (unpaired) electrons. The molecule has 0 aromatic carbocycles. The van der Waals surface area contributed by atoms with Gasteiger partial charge in [-0.15, -0.1) is 0 Å². The number of halogens is 1. The molecule has 4 nitrogen and oxygen atoms in total. The molecule has 0 fully saturated rings. The van der Waals surface area contributed by atoms with Crippen LogP contribution >= 0.6 is 22.6 Å². The molecule has 0 amide bonds. The van der Waals surface area contributed by atoms with E-state index < -0.39 is 0 Å². The lowest BCUT2D eigenvalue weighted by Crippen LogP contribution is -1.88. The van der Waals surface area contributed by atoms with Gasteiger partial charge in [0.2, 0.25) is 0 Å². The van der Waals surface area contributed by atoms with Crippen molar-refractivity contribution in [3.63, 3.8) is 0 Å². The van der Waals surface area contributed by atoms with Gasteiger partial charge < -0.3 is 0 Å². The molecule has 0 spiro atoms. The first-order valence-electron chi connectivity index (χ1n) is 4.86. The van der Waals surface area contributed by atoms with Crippen LogP contribution in [-0.4, -0.2) is 19.4 Å². The lowest BCUT2D eigenvalue weighted by molar-refractivity contribution is 0.768. The van der Waals surface area contributed by atoms with E-state index in [4.69, 9.17) is 0 Å². The Bertz CT molecular complexity index is 653. The fraction of sp³-hybridized carbons (Fsp3) is 0.0909. The highest BCUT2D eigenvalue weighted by atomic mass is 127. The smallest absolute Gasteiger partial charge is 0.124 e. The first kappa shape index (κ1) is 9.83. The van der Waals surface area contributed by atoms with E-state index in [1.54, 1.807) is 4.68 Å². The SMILES string of the molecule is Cn1cc(-c2ccc3cc(I)nn3c2)cn1. The third-order valence-electron chi connectivity index (χ3n) is 2.47.